The Bertz CT molecular complexity index is 1320. The zero-order valence-corrected chi connectivity index (χ0v) is 25.8. The number of rotatable bonds is 14. The molecule has 4 nitrogen and oxygen atoms in total. The van der Waals surface area contributed by atoms with Gasteiger partial charge in [-0.1, -0.05) is 106 Å². The van der Waals surface area contributed by atoms with Gasteiger partial charge in [-0.2, -0.15) is 0 Å². The van der Waals surface area contributed by atoms with E-state index in [1.165, 1.54) is 71.8 Å². The highest BCUT2D eigenvalue weighted by atomic mass is 32.2. The quantitative estimate of drug-likeness (QED) is 0.0834. The van der Waals surface area contributed by atoms with Crippen molar-refractivity contribution in [2.45, 2.75) is 84.8 Å². The second-order valence-electron chi connectivity index (χ2n) is 9.99. The molecular formula is C35H42O4S2. The SMILES string of the molecule is CCCCCCCCCCOc1ccc([S+](c2ccccc2)c2ccccc2)cc1.Cc1ccc(S(=O)(=O)[O-])cc1. The van der Waals surface area contributed by atoms with Crippen LogP contribution < -0.4 is 4.74 Å². The Kier molecular flexibility index (Phi) is 14.0. The Hall–Kier alpha value is -3.06. The van der Waals surface area contributed by atoms with Gasteiger partial charge < -0.3 is 9.29 Å². The minimum atomic E-state index is -4.27. The first kappa shape index (κ1) is 32.5. The van der Waals surface area contributed by atoms with Crippen LogP contribution in [-0.4, -0.2) is 19.6 Å². The summed E-state index contributed by atoms with van der Waals surface area (Å²) in [4.78, 5) is 3.84. The van der Waals surface area contributed by atoms with Crippen LogP contribution in [0.25, 0.3) is 0 Å². The van der Waals surface area contributed by atoms with E-state index < -0.39 is 10.1 Å². The molecule has 6 heteroatoms. The van der Waals surface area contributed by atoms with Crippen molar-refractivity contribution in [2.24, 2.45) is 0 Å². The molecule has 0 saturated carbocycles. The minimum absolute atomic E-state index is 0.0923. The lowest BCUT2D eigenvalue weighted by molar-refractivity contribution is 0.304. The maximum Gasteiger partial charge on any atom is 0.166 e. The Balaban J connectivity index is 0.000000352. The third kappa shape index (κ3) is 11.8. The van der Waals surface area contributed by atoms with Crippen molar-refractivity contribution < 1.29 is 17.7 Å². The summed E-state index contributed by atoms with van der Waals surface area (Å²) in [5.74, 6) is 0.978. The van der Waals surface area contributed by atoms with E-state index in [0.717, 1.165) is 24.3 Å². The Morgan fingerprint density at radius 1 is 0.610 bits per heavy atom. The average Bonchev–Trinajstić information content (AvgIpc) is 2.98. The number of ether oxygens (including phenoxy) is 1. The van der Waals surface area contributed by atoms with E-state index in [1.54, 1.807) is 12.1 Å². The van der Waals surface area contributed by atoms with Gasteiger partial charge in [0.2, 0.25) is 0 Å². The van der Waals surface area contributed by atoms with E-state index in [2.05, 4.69) is 91.9 Å². The Morgan fingerprint density at radius 2 is 1.07 bits per heavy atom. The summed E-state index contributed by atoms with van der Waals surface area (Å²) >= 11 is 0. The first-order valence-electron chi connectivity index (χ1n) is 14.5. The topological polar surface area (TPSA) is 66.4 Å². The van der Waals surface area contributed by atoms with Crippen LogP contribution in [0.15, 0.2) is 129 Å². The van der Waals surface area contributed by atoms with Crippen LogP contribution in [0.4, 0.5) is 0 Å². The van der Waals surface area contributed by atoms with Gasteiger partial charge in [-0.3, -0.25) is 0 Å². The molecule has 41 heavy (non-hydrogen) atoms. The minimum Gasteiger partial charge on any atom is -0.744 e. The maximum absolute atomic E-state index is 10.4. The lowest BCUT2D eigenvalue weighted by atomic mass is 10.1. The highest BCUT2D eigenvalue weighted by Gasteiger charge is 2.28. The van der Waals surface area contributed by atoms with Crippen molar-refractivity contribution in [3.8, 4) is 5.75 Å². The third-order valence-electron chi connectivity index (χ3n) is 6.59. The smallest absolute Gasteiger partial charge is 0.166 e. The summed E-state index contributed by atoms with van der Waals surface area (Å²) in [5, 5.41) is 0. The molecule has 218 valence electrons. The number of aryl methyl sites for hydroxylation is 1. The van der Waals surface area contributed by atoms with Crippen LogP contribution in [0, 0.1) is 6.92 Å². The largest absolute Gasteiger partial charge is 0.744 e. The van der Waals surface area contributed by atoms with Gasteiger partial charge in [0, 0.05) is 0 Å². The molecule has 0 aliphatic rings. The highest BCUT2D eigenvalue weighted by molar-refractivity contribution is 7.97. The van der Waals surface area contributed by atoms with Gasteiger partial charge in [0.1, 0.15) is 15.9 Å². The molecular weight excluding hydrogens is 549 g/mol. The molecule has 0 aliphatic heterocycles. The molecule has 0 unspecified atom stereocenters. The van der Waals surface area contributed by atoms with Crippen molar-refractivity contribution in [1.82, 2.24) is 0 Å². The molecule has 4 rings (SSSR count). The molecule has 0 atom stereocenters. The van der Waals surface area contributed by atoms with Gasteiger partial charge >= 0.3 is 0 Å². The molecule has 0 fully saturated rings. The Labute approximate surface area is 249 Å². The van der Waals surface area contributed by atoms with Gasteiger partial charge in [-0.25, -0.2) is 8.42 Å². The summed E-state index contributed by atoms with van der Waals surface area (Å²) in [5.41, 5.74) is 0.928. The molecule has 0 radical (unpaired) electrons. The fraction of sp³-hybridized carbons (Fsp3) is 0.314. The number of unbranched alkanes of at least 4 members (excludes halogenated alkanes) is 7. The molecule has 4 aromatic carbocycles. The van der Waals surface area contributed by atoms with Gasteiger partial charge in [0.25, 0.3) is 0 Å². The second-order valence-corrected chi connectivity index (χ2v) is 13.4. The first-order chi connectivity index (χ1) is 19.9. The monoisotopic (exact) mass is 590 g/mol. The summed E-state index contributed by atoms with van der Waals surface area (Å²) in [6.45, 7) is 4.91. The molecule has 0 spiro atoms. The van der Waals surface area contributed by atoms with Crippen molar-refractivity contribution in [3.63, 3.8) is 0 Å². The van der Waals surface area contributed by atoms with Crippen LogP contribution in [-0.2, 0) is 21.0 Å². The molecule has 0 aliphatic carbocycles. The summed E-state index contributed by atoms with van der Waals surface area (Å²) in [7, 11) is -4.36. The normalized spacial score (nSPS) is 11.1. The number of benzene rings is 4. The lowest BCUT2D eigenvalue weighted by Gasteiger charge is -2.09. The molecule has 0 amide bonds. The van der Waals surface area contributed by atoms with Gasteiger partial charge in [0.15, 0.2) is 14.7 Å². The summed E-state index contributed by atoms with van der Waals surface area (Å²) in [6.07, 6.45) is 10.6. The highest BCUT2D eigenvalue weighted by Crippen LogP contribution is 2.32. The lowest BCUT2D eigenvalue weighted by Crippen LogP contribution is -2.04. The van der Waals surface area contributed by atoms with Crippen molar-refractivity contribution in [1.29, 1.82) is 0 Å². The standard InChI is InChI=1S/C28H35OS.C7H8O3S/c1-2-3-4-5-6-7-8-15-24-29-25-20-22-28(23-21-25)30(26-16-11-9-12-17-26)27-18-13-10-14-19-27;1-6-2-4-7(5-3-6)11(8,9)10/h9-14,16-23H,2-8,15,24H2,1H3;2-5H,1H3,(H,8,9,10)/q+1;/p-1. The molecule has 0 aromatic heterocycles. The van der Waals surface area contributed by atoms with E-state index in [1.807, 2.05) is 6.92 Å². The molecule has 0 bridgehead atoms. The number of hydrogen-bond donors (Lipinski definition) is 0. The zero-order chi connectivity index (χ0) is 29.3. The van der Waals surface area contributed by atoms with E-state index in [9.17, 15) is 13.0 Å². The van der Waals surface area contributed by atoms with Crippen LogP contribution in [0.3, 0.4) is 0 Å². The summed E-state index contributed by atoms with van der Waals surface area (Å²) in [6, 6.07) is 36.1. The van der Waals surface area contributed by atoms with E-state index in [4.69, 9.17) is 4.74 Å². The van der Waals surface area contributed by atoms with Crippen LogP contribution in [0.1, 0.15) is 63.9 Å². The average molecular weight is 591 g/mol. The summed E-state index contributed by atoms with van der Waals surface area (Å²) < 4.78 is 37.2. The molecule has 4 aromatic rings. The van der Waals surface area contributed by atoms with E-state index in [-0.39, 0.29) is 15.8 Å². The van der Waals surface area contributed by atoms with Gasteiger partial charge in [-0.05, 0) is 74.0 Å². The first-order valence-corrected chi connectivity index (χ1v) is 17.1. The molecule has 0 heterocycles. The fourth-order valence-electron chi connectivity index (χ4n) is 4.32. The van der Waals surface area contributed by atoms with Crippen LogP contribution in [0.5, 0.6) is 5.75 Å². The van der Waals surface area contributed by atoms with Gasteiger partial charge in [-0.15, -0.1) is 0 Å². The predicted molar refractivity (Wildman–Crippen MR) is 169 cm³/mol. The third-order valence-corrected chi connectivity index (χ3v) is 9.67. The maximum atomic E-state index is 10.4. The second kappa shape index (κ2) is 17.7. The zero-order valence-electron chi connectivity index (χ0n) is 24.2. The van der Waals surface area contributed by atoms with Crippen molar-refractivity contribution in [2.75, 3.05) is 6.61 Å². The van der Waals surface area contributed by atoms with Crippen LogP contribution in [0.2, 0.25) is 0 Å². The van der Waals surface area contributed by atoms with Crippen LogP contribution >= 0.6 is 0 Å². The molecule has 0 saturated heterocycles. The predicted octanol–water partition coefficient (Wildman–Crippen LogP) is 9.20. The van der Waals surface area contributed by atoms with Gasteiger partial charge in [0.05, 0.1) is 22.4 Å². The van der Waals surface area contributed by atoms with Crippen molar-refractivity contribution in [3.05, 3.63) is 115 Å². The fourth-order valence-corrected chi connectivity index (χ4v) is 6.88. The van der Waals surface area contributed by atoms with E-state index in [0.29, 0.717) is 0 Å². The Morgan fingerprint density at radius 3 is 1.56 bits per heavy atom. The van der Waals surface area contributed by atoms with E-state index >= 15 is 0 Å². The van der Waals surface area contributed by atoms with Crippen molar-refractivity contribution >= 4 is 21.0 Å². The number of hydrogen-bond acceptors (Lipinski definition) is 4. The molecule has 0 N–H and O–H groups in total.